The van der Waals surface area contributed by atoms with Gasteiger partial charge in [0.25, 0.3) is 0 Å². The molecule has 0 radical (unpaired) electrons. The lowest BCUT2D eigenvalue weighted by molar-refractivity contribution is 0.0923. The van der Waals surface area contributed by atoms with Crippen molar-refractivity contribution in [3.8, 4) is 0 Å². The molecule has 0 saturated heterocycles. The number of carbonyl (C=O) groups is 1. The Morgan fingerprint density at radius 3 is 2.85 bits per heavy atom. The summed E-state index contributed by atoms with van der Waals surface area (Å²) in [7, 11) is 0. The number of nitrogen functional groups attached to an aromatic ring is 2. The van der Waals surface area contributed by atoms with E-state index in [9.17, 15) is 4.79 Å². The van der Waals surface area contributed by atoms with Crippen LogP contribution in [0.1, 0.15) is 21.9 Å². The summed E-state index contributed by atoms with van der Waals surface area (Å²) >= 11 is 7.60. The smallest absolute Gasteiger partial charge is 0.301 e. The minimum atomic E-state index is -0.440. The highest BCUT2D eigenvalue weighted by molar-refractivity contribution is 7.98. The summed E-state index contributed by atoms with van der Waals surface area (Å²) in [6, 6.07) is 7.15. The van der Waals surface area contributed by atoms with Crippen LogP contribution in [-0.4, -0.2) is 5.91 Å². The number of anilines is 1. The molecule has 2 rings (SSSR count). The first-order valence-corrected chi connectivity index (χ1v) is 7.15. The fraction of sp³-hybridized carbons (Fsp3) is 0.154. The van der Waals surface area contributed by atoms with Crippen molar-refractivity contribution in [3.05, 3.63) is 46.4 Å². The Hall–Kier alpha value is -1.63. The predicted molar refractivity (Wildman–Crippen MR) is 80.5 cm³/mol. The van der Waals surface area contributed by atoms with E-state index in [1.165, 1.54) is 11.8 Å². The first-order chi connectivity index (χ1) is 9.51. The van der Waals surface area contributed by atoms with Gasteiger partial charge in [0.15, 0.2) is 5.76 Å². The molecule has 0 saturated carbocycles. The second kappa shape index (κ2) is 6.21. The zero-order chi connectivity index (χ0) is 14.7. The molecule has 0 fully saturated rings. The van der Waals surface area contributed by atoms with E-state index in [1.54, 1.807) is 19.1 Å². The number of hydrogen-bond donors (Lipinski definition) is 3. The maximum absolute atomic E-state index is 11.4. The molecule has 20 heavy (non-hydrogen) atoms. The van der Waals surface area contributed by atoms with Crippen molar-refractivity contribution >= 4 is 35.0 Å². The van der Waals surface area contributed by atoms with E-state index in [2.05, 4.69) is 5.43 Å². The standard InChI is InChI=1S/C13H14ClN3O2S/c1-7-4-9(19-12(7)13(18)17-16)6-20-11-3-2-8(15)5-10(11)14/h2-5H,6,15-16H2,1H3,(H,17,18). The highest BCUT2D eigenvalue weighted by Gasteiger charge is 2.15. The van der Waals surface area contributed by atoms with Crippen LogP contribution in [0.5, 0.6) is 0 Å². The van der Waals surface area contributed by atoms with Crippen LogP contribution in [0.3, 0.4) is 0 Å². The van der Waals surface area contributed by atoms with Crippen LogP contribution in [-0.2, 0) is 5.75 Å². The van der Waals surface area contributed by atoms with Crippen LogP contribution in [0.4, 0.5) is 5.69 Å². The molecule has 0 bridgehead atoms. The van der Waals surface area contributed by atoms with Crippen molar-refractivity contribution in [3.63, 3.8) is 0 Å². The van der Waals surface area contributed by atoms with Gasteiger partial charge in [0.05, 0.1) is 10.8 Å². The first kappa shape index (κ1) is 14.8. The summed E-state index contributed by atoms with van der Waals surface area (Å²) in [5.41, 5.74) is 9.05. The molecule has 0 atom stereocenters. The number of aryl methyl sites for hydroxylation is 1. The monoisotopic (exact) mass is 311 g/mol. The van der Waals surface area contributed by atoms with E-state index < -0.39 is 5.91 Å². The van der Waals surface area contributed by atoms with Crippen LogP contribution in [0.25, 0.3) is 0 Å². The van der Waals surface area contributed by atoms with Crippen LogP contribution in [0, 0.1) is 6.92 Å². The largest absolute Gasteiger partial charge is 0.455 e. The molecule has 0 spiro atoms. The van der Waals surface area contributed by atoms with Crippen molar-refractivity contribution in [2.75, 3.05) is 5.73 Å². The molecule has 1 heterocycles. The second-order valence-electron chi connectivity index (χ2n) is 4.18. The molecule has 1 amide bonds. The summed E-state index contributed by atoms with van der Waals surface area (Å²) in [5.74, 6) is 6.11. The normalized spacial score (nSPS) is 10.6. The Morgan fingerprint density at radius 2 is 2.20 bits per heavy atom. The molecule has 5 N–H and O–H groups in total. The van der Waals surface area contributed by atoms with E-state index in [-0.39, 0.29) is 5.76 Å². The molecule has 0 aliphatic heterocycles. The summed E-state index contributed by atoms with van der Waals surface area (Å²) in [6.45, 7) is 1.79. The molecule has 106 valence electrons. The van der Waals surface area contributed by atoms with Crippen molar-refractivity contribution in [1.82, 2.24) is 5.43 Å². The zero-order valence-corrected chi connectivity index (χ0v) is 12.3. The van der Waals surface area contributed by atoms with Crippen molar-refractivity contribution in [2.45, 2.75) is 17.6 Å². The van der Waals surface area contributed by atoms with Crippen molar-refractivity contribution in [1.29, 1.82) is 0 Å². The quantitative estimate of drug-likeness (QED) is 0.265. The van der Waals surface area contributed by atoms with Gasteiger partial charge >= 0.3 is 5.91 Å². The molecule has 5 nitrogen and oxygen atoms in total. The lowest BCUT2D eigenvalue weighted by atomic mass is 10.2. The fourth-order valence-corrected chi connectivity index (χ4v) is 2.85. The van der Waals surface area contributed by atoms with E-state index in [4.69, 9.17) is 27.6 Å². The van der Waals surface area contributed by atoms with E-state index in [0.717, 1.165) is 10.5 Å². The number of furan rings is 1. The molecule has 0 aliphatic rings. The number of carbonyl (C=O) groups excluding carboxylic acids is 1. The van der Waals surface area contributed by atoms with Gasteiger partial charge in [-0.05, 0) is 31.2 Å². The van der Waals surface area contributed by atoms with Gasteiger partial charge in [0, 0.05) is 16.1 Å². The van der Waals surface area contributed by atoms with Gasteiger partial charge in [0.1, 0.15) is 5.76 Å². The summed E-state index contributed by atoms with van der Waals surface area (Å²) in [4.78, 5) is 12.3. The number of rotatable bonds is 4. The van der Waals surface area contributed by atoms with Gasteiger partial charge in [-0.15, -0.1) is 11.8 Å². The van der Waals surface area contributed by atoms with Crippen LogP contribution in [0.15, 0.2) is 33.6 Å². The summed E-state index contributed by atoms with van der Waals surface area (Å²) in [5, 5.41) is 0.596. The molecule has 0 aliphatic carbocycles. The van der Waals surface area contributed by atoms with Gasteiger partial charge < -0.3 is 10.2 Å². The maximum atomic E-state index is 11.4. The minimum Gasteiger partial charge on any atom is -0.455 e. The van der Waals surface area contributed by atoms with Crippen LogP contribution >= 0.6 is 23.4 Å². The lowest BCUT2D eigenvalue weighted by Crippen LogP contribution is -2.30. The molecule has 0 unspecified atom stereocenters. The SMILES string of the molecule is Cc1cc(CSc2ccc(N)cc2Cl)oc1C(=O)NN. The molecular formula is C13H14ClN3O2S. The summed E-state index contributed by atoms with van der Waals surface area (Å²) in [6.07, 6.45) is 0. The van der Waals surface area contributed by atoms with Crippen LogP contribution in [0.2, 0.25) is 5.02 Å². The number of amides is 1. The molecule has 1 aromatic heterocycles. The molecular weight excluding hydrogens is 298 g/mol. The number of nitrogens with one attached hydrogen (secondary N) is 1. The Labute approximate surface area is 125 Å². The number of hydrogen-bond acceptors (Lipinski definition) is 5. The van der Waals surface area contributed by atoms with Gasteiger partial charge in [-0.3, -0.25) is 10.2 Å². The maximum Gasteiger partial charge on any atom is 0.301 e. The Bertz CT molecular complexity index is 643. The number of halogens is 1. The third kappa shape index (κ3) is 3.27. The Kier molecular flexibility index (Phi) is 4.59. The number of thioether (sulfide) groups is 1. The van der Waals surface area contributed by atoms with Gasteiger partial charge in [-0.25, -0.2) is 5.84 Å². The van der Waals surface area contributed by atoms with Crippen LogP contribution < -0.4 is 17.0 Å². The first-order valence-electron chi connectivity index (χ1n) is 5.79. The third-order valence-corrected chi connectivity index (χ3v) is 4.15. The van der Waals surface area contributed by atoms with Gasteiger partial charge in [0.2, 0.25) is 0 Å². The predicted octanol–water partition coefficient (Wildman–Crippen LogP) is 2.72. The third-order valence-electron chi connectivity index (χ3n) is 2.63. The van der Waals surface area contributed by atoms with E-state index in [1.807, 2.05) is 12.1 Å². The highest BCUT2D eigenvalue weighted by atomic mass is 35.5. The van der Waals surface area contributed by atoms with Crippen molar-refractivity contribution in [2.24, 2.45) is 5.84 Å². The topological polar surface area (TPSA) is 94.3 Å². The molecule has 1 aromatic carbocycles. The molecule has 2 aromatic rings. The highest BCUT2D eigenvalue weighted by Crippen LogP contribution is 2.32. The number of benzene rings is 1. The number of nitrogens with two attached hydrogens (primary N) is 2. The van der Waals surface area contributed by atoms with E-state index in [0.29, 0.717) is 22.2 Å². The average Bonchev–Trinajstić information content (AvgIpc) is 2.78. The average molecular weight is 312 g/mol. The van der Waals surface area contributed by atoms with Gasteiger partial charge in [-0.2, -0.15) is 0 Å². The van der Waals surface area contributed by atoms with Crippen molar-refractivity contribution < 1.29 is 9.21 Å². The van der Waals surface area contributed by atoms with E-state index >= 15 is 0 Å². The Morgan fingerprint density at radius 1 is 1.45 bits per heavy atom. The fourth-order valence-electron chi connectivity index (χ4n) is 1.69. The second-order valence-corrected chi connectivity index (χ2v) is 5.60. The lowest BCUT2D eigenvalue weighted by Gasteiger charge is -2.03. The zero-order valence-electron chi connectivity index (χ0n) is 10.8. The van der Waals surface area contributed by atoms with Gasteiger partial charge in [-0.1, -0.05) is 11.6 Å². The Balaban J connectivity index is 2.09. The molecule has 7 heteroatoms. The minimum absolute atomic E-state index is 0.228. The number of hydrazine groups is 1. The summed E-state index contributed by atoms with van der Waals surface area (Å²) < 4.78 is 5.47.